The van der Waals surface area contributed by atoms with Crippen LogP contribution in [0.1, 0.15) is 11.3 Å². The average molecular weight is 292 g/mol. The van der Waals surface area contributed by atoms with Crippen molar-refractivity contribution in [1.82, 2.24) is 15.3 Å². The maximum Gasteiger partial charge on any atom is 0.159 e. The smallest absolute Gasteiger partial charge is 0.159 e. The molecule has 0 aliphatic carbocycles. The maximum atomic E-state index is 8.14. The van der Waals surface area contributed by atoms with Gasteiger partial charge in [-0.05, 0) is 30.3 Å². The zero-order valence-electron chi connectivity index (χ0n) is 12.2. The van der Waals surface area contributed by atoms with Crippen LogP contribution >= 0.6 is 0 Å². The summed E-state index contributed by atoms with van der Waals surface area (Å²) in [5, 5.41) is 12.2. The van der Waals surface area contributed by atoms with Crippen LogP contribution in [0.5, 0.6) is 5.75 Å². The van der Waals surface area contributed by atoms with E-state index in [0.717, 1.165) is 16.7 Å². The van der Waals surface area contributed by atoms with Crippen molar-refractivity contribution in [3.05, 3.63) is 66.0 Å². The van der Waals surface area contributed by atoms with Crippen LogP contribution in [0.15, 0.2) is 54.7 Å². The minimum Gasteiger partial charge on any atom is -0.496 e. The quantitative estimate of drug-likeness (QED) is 0.573. The number of para-hydroxylation sites is 1. The van der Waals surface area contributed by atoms with Crippen molar-refractivity contribution in [3.63, 3.8) is 0 Å². The monoisotopic (exact) mass is 292 g/mol. The lowest BCUT2D eigenvalue weighted by atomic mass is 10.2. The molecule has 0 aliphatic rings. The van der Waals surface area contributed by atoms with Gasteiger partial charge in [-0.15, -0.1) is 0 Å². The van der Waals surface area contributed by atoms with E-state index in [2.05, 4.69) is 15.3 Å². The average Bonchev–Trinajstić information content (AvgIpc) is 2.59. The molecule has 5 heteroatoms. The molecule has 3 aromatic rings. The molecule has 0 amide bonds. The van der Waals surface area contributed by atoms with Crippen LogP contribution in [0.2, 0.25) is 0 Å². The van der Waals surface area contributed by atoms with Crippen molar-refractivity contribution >= 4 is 16.9 Å². The van der Waals surface area contributed by atoms with Crippen molar-refractivity contribution in [1.29, 1.82) is 5.41 Å². The Morgan fingerprint density at radius 3 is 2.86 bits per heavy atom. The third-order valence-corrected chi connectivity index (χ3v) is 3.37. The molecule has 1 aromatic carbocycles. The van der Waals surface area contributed by atoms with Crippen LogP contribution in [0, 0.1) is 5.41 Å². The molecule has 2 aromatic heterocycles. The second kappa shape index (κ2) is 6.22. The fourth-order valence-electron chi connectivity index (χ4n) is 2.22. The molecule has 2 N–H and O–H groups in total. The van der Waals surface area contributed by atoms with Gasteiger partial charge in [0.1, 0.15) is 17.3 Å². The van der Waals surface area contributed by atoms with E-state index in [0.29, 0.717) is 17.9 Å². The summed E-state index contributed by atoms with van der Waals surface area (Å²) in [6, 6.07) is 15.3. The number of hydrogen-bond donors (Lipinski definition) is 2. The molecule has 0 saturated carbocycles. The van der Waals surface area contributed by atoms with E-state index in [1.165, 1.54) is 0 Å². The Bertz CT molecular complexity index is 816. The van der Waals surface area contributed by atoms with Gasteiger partial charge in [0.15, 0.2) is 5.65 Å². The highest BCUT2D eigenvalue weighted by Gasteiger charge is 2.07. The van der Waals surface area contributed by atoms with E-state index in [1.54, 1.807) is 13.3 Å². The fraction of sp³-hybridized carbons (Fsp3) is 0.118. The molecule has 5 nitrogen and oxygen atoms in total. The molecule has 2 heterocycles. The predicted octanol–water partition coefficient (Wildman–Crippen LogP) is 2.75. The van der Waals surface area contributed by atoms with Crippen molar-refractivity contribution in [2.45, 2.75) is 6.54 Å². The van der Waals surface area contributed by atoms with Gasteiger partial charge in [-0.2, -0.15) is 0 Å². The molecule has 22 heavy (non-hydrogen) atoms. The summed E-state index contributed by atoms with van der Waals surface area (Å²) < 4.78 is 5.30. The number of hydrogen-bond acceptors (Lipinski definition) is 4. The summed E-state index contributed by atoms with van der Waals surface area (Å²) in [6.45, 7) is 0.505. The van der Waals surface area contributed by atoms with Gasteiger partial charge in [-0.25, -0.2) is 9.97 Å². The number of fused-ring (bicyclic) bond motifs is 1. The zero-order valence-corrected chi connectivity index (χ0v) is 12.2. The van der Waals surface area contributed by atoms with Gasteiger partial charge in [0.05, 0.1) is 7.11 Å². The van der Waals surface area contributed by atoms with E-state index in [4.69, 9.17) is 10.1 Å². The Morgan fingerprint density at radius 1 is 1.14 bits per heavy atom. The fourth-order valence-corrected chi connectivity index (χ4v) is 2.22. The van der Waals surface area contributed by atoms with E-state index >= 15 is 0 Å². The Kier molecular flexibility index (Phi) is 3.96. The number of benzene rings is 1. The van der Waals surface area contributed by atoms with Crippen LogP contribution in [-0.4, -0.2) is 22.9 Å². The third kappa shape index (κ3) is 2.88. The normalized spacial score (nSPS) is 10.4. The van der Waals surface area contributed by atoms with E-state index in [-0.39, 0.29) is 5.84 Å². The van der Waals surface area contributed by atoms with Crippen molar-refractivity contribution in [3.8, 4) is 5.75 Å². The Labute approximate surface area is 128 Å². The van der Waals surface area contributed by atoms with Gasteiger partial charge >= 0.3 is 0 Å². The predicted molar refractivity (Wildman–Crippen MR) is 86.2 cm³/mol. The largest absolute Gasteiger partial charge is 0.496 e. The summed E-state index contributed by atoms with van der Waals surface area (Å²) in [4.78, 5) is 8.61. The van der Waals surface area contributed by atoms with Gasteiger partial charge < -0.3 is 10.1 Å². The summed E-state index contributed by atoms with van der Waals surface area (Å²) in [5.41, 5.74) is 2.21. The molecule has 0 bridgehead atoms. The molecule has 0 spiro atoms. The van der Waals surface area contributed by atoms with Crippen LogP contribution in [0.3, 0.4) is 0 Å². The second-order valence-corrected chi connectivity index (χ2v) is 4.79. The molecule has 0 saturated heterocycles. The lowest BCUT2D eigenvalue weighted by Gasteiger charge is -2.11. The summed E-state index contributed by atoms with van der Waals surface area (Å²) >= 11 is 0. The molecule has 110 valence electrons. The first-order chi connectivity index (χ1) is 10.8. The highest BCUT2D eigenvalue weighted by molar-refractivity contribution is 5.96. The van der Waals surface area contributed by atoms with Gasteiger partial charge in [-0.1, -0.05) is 18.2 Å². The van der Waals surface area contributed by atoms with Gasteiger partial charge in [-0.3, -0.25) is 5.41 Å². The topological polar surface area (TPSA) is 70.9 Å². The highest BCUT2D eigenvalue weighted by Crippen LogP contribution is 2.17. The van der Waals surface area contributed by atoms with Crippen molar-refractivity contribution in [2.75, 3.05) is 7.11 Å². The number of ether oxygens (including phenoxy) is 1. The minimum atomic E-state index is 0.262. The molecule has 0 radical (unpaired) electrons. The zero-order chi connectivity index (χ0) is 15.4. The molecule has 0 aliphatic heterocycles. The maximum absolute atomic E-state index is 8.14. The standard InChI is InChI=1S/C17H16N4O/c1-22-15-7-3-2-5-13(15)11-20-16(18)14-9-8-12-6-4-10-19-17(12)21-14/h2-10H,11H2,1H3,(H2,18,20). The number of nitrogens with zero attached hydrogens (tertiary/aromatic N) is 2. The van der Waals surface area contributed by atoms with E-state index in [1.807, 2.05) is 48.5 Å². The first-order valence-electron chi connectivity index (χ1n) is 6.94. The lowest BCUT2D eigenvalue weighted by molar-refractivity contribution is 0.409. The SMILES string of the molecule is COc1ccccc1CNC(=N)c1ccc2cccnc2n1. The van der Waals surface area contributed by atoms with Crippen molar-refractivity contribution < 1.29 is 4.74 Å². The number of methoxy groups -OCH3 is 1. The number of nitrogens with one attached hydrogen (secondary N) is 2. The van der Waals surface area contributed by atoms with Crippen LogP contribution in [-0.2, 0) is 6.54 Å². The highest BCUT2D eigenvalue weighted by atomic mass is 16.5. The third-order valence-electron chi connectivity index (χ3n) is 3.37. The molecule has 3 rings (SSSR count). The molecular formula is C17H16N4O. The number of pyridine rings is 2. The van der Waals surface area contributed by atoms with Gasteiger partial charge in [0.2, 0.25) is 0 Å². The minimum absolute atomic E-state index is 0.262. The number of amidine groups is 1. The molecule has 0 atom stereocenters. The Balaban J connectivity index is 1.75. The van der Waals surface area contributed by atoms with Crippen molar-refractivity contribution in [2.24, 2.45) is 0 Å². The number of rotatable bonds is 4. The van der Waals surface area contributed by atoms with Crippen LogP contribution < -0.4 is 10.1 Å². The van der Waals surface area contributed by atoms with E-state index in [9.17, 15) is 0 Å². The molecule has 0 unspecified atom stereocenters. The van der Waals surface area contributed by atoms with Crippen LogP contribution in [0.4, 0.5) is 0 Å². The number of aromatic nitrogens is 2. The molecular weight excluding hydrogens is 276 g/mol. The second-order valence-electron chi connectivity index (χ2n) is 4.79. The summed E-state index contributed by atoms with van der Waals surface area (Å²) in [6.07, 6.45) is 1.70. The first kappa shape index (κ1) is 14.0. The molecule has 0 fully saturated rings. The van der Waals surface area contributed by atoms with E-state index < -0.39 is 0 Å². The summed E-state index contributed by atoms with van der Waals surface area (Å²) in [7, 11) is 1.64. The van der Waals surface area contributed by atoms with Gasteiger partial charge in [0.25, 0.3) is 0 Å². The Morgan fingerprint density at radius 2 is 2.00 bits per heavy atom. The first-order valence-corrected chi connectivity index (χ1v) is 6.94. The Hall–Kier alpha value is -2.95. The lowest BCUT2D eigenvalue weighted by Crippen LogP contribution is -2.24. The van der Waals surface area contributed by atoms with Gasteiger partial charge in [0, 0.05) is 23.7 Å². The van der Waals surface area contributed by atoms with Crippen LogP contribution in [0.25, 0.3) is 11.0 Å². The summed E-state index contributed by atoms with van der Waals surface area (Å²) in [5.74, 6) is 1.06.